The van der Waals surface area contributed by atoms with Crippen LogP contribution < -0.4 is 0 Å². The van der Waals surface area contributed by atoms with Gasteiger partial charge in [0.1, 0.15) is 6.54 Å². The Morgan fingerprint density at radius 3 is 2.10 bits per heavy atom. The van der Waals surface area contributed by atoms with Gasteiger partial charge in [0.15, 0.2) is 0 Å². The lowest BCUT2D eigenvalue weighted by molar-refractivity contribution is -0.142. The second-order valence-electron chi connectivity index (χ2n) is 5.75. The van der Waals surface area contributed by atoms with Gasteiger partial charge in [-0.25, -0.2) is 4.79 Å². The lowest BCUT2D eigenvalue weighted by Crippen LogP contribution is -2.53. The molecule has 2 amide bonds. The molecule has 0 bridgehead atoms. The maximum Gasteiger partial charge on any atom is 0.325 e. The number of carboxylic acid groups (broad SMARTS) is 1. The smallest absolute Gasteiger partial charge is 0.325 e. The summed E-state index contributed by atoms with van der Waals surface area (Å²) >= 11 is 0. The summed E-state index contributed by atoms with van der Waals surface area (Å²) in [4.78, 5) is 37.6. The summed E-state index contributed by atoms with van der Waals surface area (Å²) in [5, 5.41) is 8.81. The fourth-order valence-electron chi connectivity index (χ4n) is 1.83. The zero-order valence-corrected chi connectivity index (χ0v) is 13.5. The Kier molecular flexibility index (Phi) is 7.76. The molecule has 0 spiro atoms. The van der Waals surface area contributed by atoms with Gasteiger partial charge in [0.05, 0.1) is 13.5 Å². The first-order valence-electron chi connectivity index (χ1n) is 6.98. The number of urea groups is 1. The van der Waals surface area contributed by atoms with E-state index in [0.717, 1.165) is 0 Å². The summed E-state index contributed by atoms with van der Waals surface area (Å²) in [6.45, 7) is 7.75. The van der Waals surface area contributed by atoms with E-state index in [1.54, 1.807) is 0 Å². The standard InChI is InChI=1S/C14H26N2O5/c1-6-8-15(10-12(19)21-5)13(20)16(14(2,3)4)9-7-11(17)18/h6-10H2,1-5H3,(H,17,18). The van der Waals surface area contributed by atoms with Crippen molar-refractivity contribution in [2.75, 3.05) is 26.7 Å². The number of aliphatic carboxylic acids is 1. The van der Waals surface area contributed by atoms with Gasteiger partial charge in [-0.2, -0.15) is 0 Å². The van der Waals surface area contributed by atoms with E-state index < -0.39 is 17.5 Å². The number of hydrogen-bond acceptors (Lipinski definition) is 4. The predicted octanol–water partition coefficient (Wildman–Crippen LogP) is 1.57. The fourth-order valence-corrected chi connectivity index (χ4v) is 1.83. The van der Waals surface area contributed by atoms with Crippen molar-refractivity contribution in [3.63, 3.8) is 0 Å². The molecule has 0 aromatic rings. The highest BCUT2D eigenvalue weighted by atomic mass is 16.5. The first-order chi connectivity index (χ1) is 9.63. The summed E-state index contributed by atoms with van der Waals surface area (Å²) in [6, 6.07) is -0.351. The third-order valence-electron chi connectivity index (χ3n) is 2.90. The molecule has 1 N–H and O–H groups in total. The van der Waals surface area contributed by atoms with Crippen molar-refractivity contribution in [3.8, 4) is 0 Å². The SMILES string of the molecule is CCCN(CC(=O)OC)C(=O)N(CCC(=O)O)C(C)(C)C. The Hall–Kier alpha value is -1.79. The van der Waals surface area contributed by atoms with Crippen molar-refractivity contribution in [1.29, 1.82) is 0 Å². The Balaban J connectivity index is 5.09. The van der Waals surface area contributed by atoms with Gasteiger partial charge in [-0.15, -0.1) is 0 Å². The number of rotatable bonds is 7. The van der Waals surface area contributed by atoms with Crippen molar-refractivity contribution in [2.45, 2.75) is 46.1 Å². The monoisotopic (exact) mass is 302 g/mol. The molecule has 0 atom stereocenters. The molecular weight excluding hydrogens is 276 g/mol. The number of ether oxygens (including phenoxy) is 1. The molecule has 0 aromatic heterocycles. The van der Waals surface area contributed by atoms with E-state index in [0.29, 0.717) is 13.0 Å². The van der Waals surface area contributed by atoms with Crippen LogP contribution in [0, 0.1) is 0 Å². The van der Waals surface area contributed by atoms with Gasteiger partial charge in [-0.1, -0.05) is 6.92 Å². The van der Waals surface area contributed by atoms with Crippen LogP contribution in [0.15, 0.2) is 0 Å². The van der Waals surface area contributed by atoms with E-state index in [1.165, 1.54) is 16.9 Å². The highest BCUT2D eigenvalue weighted by molar-refractivity contribution is 5.81. The van der Waals surface area contributed by atoms with Crippen LogP contribution in [0.1, 0.15) is 40.5 Å². The van der Waals surface area contributed by atoms with Crippen LogP contribution in [-0.4, -0.2) is 65.2 Å². The average molecular weight is 302 g/mol. The first-order valence-corrected chi connectivity index (χ1v) is 6.98. The molecule has 7 heteroatoms. The number of carboxylic acids is 1. The molecule has 21 heavy (non-hydrogen) atoms. The normalized spacial score (nSPS) is 10.9. The molecule has 0 radical (unpaired) electrons. The topological polar surface area (TPSA) is 87.2 Å². The van der Waals surface area contributed by atoms with Crippen LogP contribution in [-0.2, 0) is 14.3 Å². The fraction of sp³-hybridized carbons (Fsp3) is 0.786. The third kappa shape index (κ3) is 6.97. The summed E-state index contributed by atoms with van der Waals surface area (Å²) in [7, 11) is 1.27. The van der Waals surface area contributed by atoms with E-state index in [2.05, 4.69) is 4.74 Å². The van der Waals surface area contributed by atoms with Crippen LogP contribution in [0.3, 0.4) is 0 Å². The molecule has 0 saturated carbocycles. The second kappa shape index (κ2) is 8.49. The van der Waals surface area contributed by atoms with E-state index in [-0.39, 0.29) is 25.5 Å². The second-order valence-corrected chi connectivity index (χ2v) is 5.75. The van der Waals surface area contributed by atoms with Gasteiger partial charge >= 0.3 is 18.0 Å². The van der Waals surface area contributed by atoms with Crippen molar-refractivity contribution in [2.24, 2.45) is 0 Å². The van der Waals surface area contributed by atoms with Crippen LogP contribution >= 0.6 is 0 Å². The molecule has 0 aliphatic rings. The van der Waals surface area contributed by atoms with Gasteiger partial charge in [0, 0.05) is 18.6 Å². The number of nitrogens with zero attached hydrogens (tertiary/aromatic N) is 2. The molecule has 0 aliphatic heterocycles. The summed E-state index contributed by atoms with van der Waals surface area (Å²) in [5.41, 5.74) is -0.533. The number of hydrogen-bond donors (Lipinski definition) is 1. The number of methoxy groups -OCH3 is 1. The molecule has 0 aromatic carbocycles. The molecule has 0 unspecified atom stereocenters. The maximum atomic E-state index is 12.6. The summed E-state index contributed by atoms with van der Waals surface area (Å²) in [5.74, 6) is -1.46. The first kappa shape index (κ1) is 19.2. The minimum atomic E-state index is -0.966. The van der Waals surface area contributed by atoms with Gasteiger partial charge < -0.3 is 19.6 Å². The Morgan fingerprint density at radius 2 is 1.71 bits per heavy atom. The van der Waals surface area contributed by atoms with E-state index in [1.807, 2.05) is 27.7 Å². The minimum Gasteiger partial charge on any atom is -0.481 e. The van der Waals surface area contributed by atoms with Crippen molar-refractivity contribution in [3.05, 3.63) is 0 Å². The number of carbonyl (C=O) groups excluding carboxylic acids is 2. The summed E-state index contributed by atoms with van der Waals surface area (Å²) < 4.78 is 4.60. The number of carbonyl (C=O) groups is 3. The van der Waals surface area contributed by atoms with Gasteiger partial charge in [-0.05, 0) is 27.2 Å². The quantitative estimate of drug-likeness (QED) is 0.721. The van der Waals surface area contributed by atoms with Gasteiger partial charge in [0.2, 0.25) is 0 Å². The third-order valence-corrected chi connectivity index (χ3v) is 2.90. The Morgan fingerprint density at radius 1 is 1.14 bits per heavy atom. The van der Waals surface area contributed by atoms with Crippen LogP contribution in [0.2, 0.25) is 0 Å². The molecule has 7 nitrogen and oxygen atoms in total. The highest BCUT2D eigenvalue weighted by Crippen LogP contribution is 2.17. The number of esters is 1. The molecule has 0 fully saturated rings. The van der Waals surface area contributed by atoms with Crippen molar-refractivity contribution < 1.29 is 24.2 Å². The van der Waals surface area contributed by atoms with E-state index in [9.17, 15) is 14.4 Å². The van der Waals surface area contributed by atoms with Gasteiger partial charge in [-0.3, -0.25) is 9.59 Å². The highest BCUT2D eigenvalue weighted by Gasteiger charge is 2.31. The molecular formula is C14H26N2O5. The predicted molar refractivity (Wildman–Crippen MR) is 78.0 cm³/mol. The molecule has 0 rings (SSSR count). The largest absolute Gasteiger partial charge is 0.481 e. The lowest BCUT2D eigenvalue weighted by Gasteiger charge is -2.38. The van der Waals surface area contributed by atoms with Crippen molar-refractivity contribution >= 4 is 18.0 Å². The van der Waals surface area contributed by atoms with Crippen LogP contribution in [0.4, 0.5) is 4.79 Å². The zero-order chi connectivity index (χ0) is 16.6. The molecule has 0 aliphatic carbocycles. The van der Waals surface area contributed by atoms with E-state index >= 15 is 0 Å². The zero-order valence-electron chi connectivity index (χ0n) is 13.5. The van der Waals surface area contributed by atoms with Gasteiger partial charge in [0.25, 0.3) is 0 Å². The van der Waals surface area contributed by atoms with Crippen LogP contribution in [0.5, 0.6) is 0 Å². The minimum absolute atomic E-state index is 0.0963. The maximum absolute atomic E-state index is 12.6. The Bertz CT molecular complexity index is 376. The molecule has 0 saturated heterocycles. The van der Waals surface area contributed by atoms with E-state index in [4.69, 9.17) is 5.11 Å². The Labute approximate surface area is 125 Å². The summed E-state index contributed by atoms with van der Waals surface area (Å²) in [6.07, 6.45) is 0.556. The number of amides is 2. The van der Waals surface area contributed by atoms with Crippen molar-refractivity contribution in [1.82, 2.24) is 9.80 Å². The molecule has 0 heterocycles. The lowest BCUT2D eigenvalue weighted by atomic mass is 10.1. The molecule has 122 valence electrons. The van der Waals surface area contributed by atoms with Crippen LogP contribution in [0.25, 0.3) is 0 Å². The average Bonchev–Trinajstić information content (AvgIpc) is 2.35.